The Morgan fingerprint density at radius 1 is 1.28 bits per heavy atom. The minimum atomic E-state index is 0.0938. The van der Waals surface area contributed by atoms with Crippen molar-refractivity contribution in [3.63, 3.8) is 0 Å². The van der Waals surface area contributed by atoms with Gasteiger partial charge in [-0.1, -0.05) is 19.9 Å². The summed E-state index contributed by atoms with van der Waals surface area (Å²) in [5, 5.41) is 1.92. The maximum absolute atomic E-state index is 12.4. The molecule has 1 aromatic heterocycles. The van der Waals surface area contributed by atoms with Gasteiger partial charge < -0.3 is 4.74 Å². The van der Waals surface area contributed by atoms with Crippen LogP contribution >= 0.6 is 11.3 Å². The quantitative estimate of drug-likeness (QED) is 0.773. The van der Waals surface area contributed by atoms with Gasteiger partial charge in [-0.25, -0.2) is 0 Å². The predicted molar refractivity (Wildman–Crippen MR) is 74.8 cm³/mol. The summed E-state index contributed by atoms with van der Waals surface area (Å²) < 4.78 is 5.22. The van der Waals surface area contributed by atoms with Crippen LogP contribution in [0, 0.1) is 0 Å². The number of carbonyl (C=O) groups is 1. The summed E-state index contributed by atoms with van der Waals surface area (Å²) in [5.74, 6) is 1.18. The van der Waals surface area contributed by atoms with Crippen LogP contribution in [0.3, 0.4) is 0 Å². The zero-order valence-electron chi connectivity index (χ0n) is 10.8. The van der Waals surface area contributed by atoms with E-state index in [1.54, 1.807) is 7.11 Å². The number of rotatable bonds is 4. The Hall–Kier alpha value is -1.61. The van der Waals surface area contributed by atoms with Gasteiger partial charge in [-0.05, 0) is 41.1 Å². The molecular weight excluding hydrogens is 244 g/mol. The molecule has 0 aliphatic rings. The second-order valence-electron chi connectivity index (χ2n) is 4.41. The Balaban J connectivity index is 2.47. The molecule has 0 aliphatic heterocycles. The number of hydrogen-bond acceptors (Lipinski definition) is 3. The van der Waals surface area contributed by atoms with Gasteiger partial charge in [-0.2, -0.15) is 0 Å². The number of hydrogen-bond donors (Lipinski definition) is 0. The van der Waals surface area contributed by atoms with Gasteiger partial charge in [0, 0.05) is 5.56 Å². The summed E-state index contributed by atoms with van der Waals surface area (Å²) in [5.41, 5.74) is 1.81. The first kappa shape index (κ1) is 12.8. The van der Waals surface area contributed by atoms with Crippen molar-refractivity contribution in [2.24, 2.45) is 0 Å². The molecule has 0 bridgehead atoms. The van der Waals surface area contributed by atoms with E-state index in [4.69, 9.17) is 4.74 Å². The van der Waals surface area contributed by atoms with E-state index in [9.17, 15) is 4.79 Å². The van der Waals surface area contributed by atoms with Crippen molar-refractivity contribution in [3.05, 3.63) is 51.7 Å². The van der Waals surface area contributed by atoms with Gasteiger partial charge in [0.25, 0.3) is 0 Å². The van der Waals surface area contributed by atoms with Crippen LogP contribution < -0.4 is 4.74 Å². The van der Waals surface area contributed by atoms with Crippen LogP contribution in [0.2, 0.25) is 0 Å². The molecule has 1 heterocycles. The van der Waals surface area contributed by atoms with Crippen LogP contribution in [-0.4, -0.2) is 12.9 Å². The smallest absolute Gasteiger partial charge is 0.203 e. The van der Waals surface area contributed by atoms with E-state index in [0.29, 0.717) is 5.92 Å². The van der Waals surface area contributed by atoms with Crippen LogP contribution in [-0.2, 0) is 0 Å². The fourth-order valence-electron chi connectivity index (χ4n) is 1.89. The molecule has 2 aromatic rings. The van der Waals surface area contributed by atoms with Gasteiger partial charge in [0.05, 0.1) is 12.0 Å². The summed E-state index contributed by atoms with van der Waals surface area (Å²) in [7, 11) is 1.64. The third-order valence-corrected chi connectivity index (χ3v) is 3.74. The van der Waals surface area contributed by atoms with Crippen LogP contribution in [0.5, 0.6) is 5.75 Å². The van der Waals surface area contributed by atoms with E-state index < -0.39 is 0 Å². The average Bonchev–Trinajstić information content (AvgIpc) is 2.91. The number of ether oxygens (including phenoxy) is 1. The van der Waals surface area contributed by atoms with E-state index in [1.807, 2.05) is 35.7 Å². The molecule has 0 atom stereocenters. The summed E-state index contributed by atoms with van der Waals surface area (Å²) in [6.45, 7) is 4.17. The zero-order chi connectivity index (χ0) is 13.1. The average molecular weight is 260 g/mol. The Morgan fingerprint density at radius 3 is 2.61 bits per heavy atom. The molecule has 0 saturated carbocycles. The Bertz CT molecular complexity index is 542. The molecule has 2 nitrogen and oxygen atoms in total. The van der Waals surface area contributed by atoms with E-state index in [0.717, 1.165) is 21.8 Å². The highest BCUT2D eigenvalue weighted by Gasteiger charge is 2.17. The molecular formula is C15H16O2S. The number of thiophene rings is 1. The molecule has 0 aliphatic carbocycles. The number of carbonyl (C=O) groups excluding carboxylic acids is 1. The first-order valence-corrected chi connectivity index (χ1v) is 6.77. The van der Waals surface area contributed by atoms with Gasteiger partial charge in [-0.3, -0.25) is 4.79 Å². The van der Waals surface area contributed by atoms with E-state index in [1.165, 1.54) is 11.3 Å². The SMILES string of the molecule is COc1ccc(C(=O)c2cccs2)c(C(C)C)c1. The third-order valence-electron chi connectivity index (χ3n) is 2.87. The summed E-state index contributed by atoms with van der Waals surface area (Å²) in [6, 6.07) is 9.41. The molecule has 0 spiro atoms. The molecule has 0 amide bonds. The first-order valence-electron chi connectivity index (χ1n) is 5.89. The molecule has 0 unspecified atom stereocenters. The maximum Gasteiger partial charge on any atom is 0.203 e. The molecule has 2 rings (SSSR count). The molecule has 94 valence electrons. The standard InChI is InChI=1S/C15H16O2S/c1-10(2)13-9-11(17-3)6-7-12(13)15(16)14-5-4-8-18-14/h4-10H,1-3H3. The van der Waals surface area contributed by atoms with Crippen molar-refractivity contribution in [3.8, 4) is 5.75 Å². The van der Waals surface area contributed by atoms with Gasteiger partial charge >= 0.3 is 0 Å². The number of benzene rings is 1. The zero-order valence-corrected chi connectivity index (χ0v) is 11.6. The normalized spacial score (nSPS) is 10.7. The molecule has 18 heavy (non-hydrogen) atoms. The molecule has 0 fully saturated rings. The molecule has 0 saturated heterocycles. The molecule has 3 heteroatoms. The van der Waals surface area contributed by atoms with Crippen molar-refractivity contribution in [2.45, 2.75) is 19.8 Å². The summed E-state index contributed by atoms with van der Waals surface area (Å²) >= 11 is 1.48. The summed E-state index contributed by atoms with van der Waals surface area (Å²) in [6.07, 6.45) is 0. The number of methoxy groups -OCH3 is 1. The minimum Gasteiger partial charge on any atom is -0.497 e. The van der Waals surface area contributed by atoms with Crippen LogP contribution in [0.15, 0.2) is 35.7 Å². The van der Waals surface area contributed by atoms with Crippen LogP contribution in [0.1, 0.15) is 40.6 Å². The minimum absolute atomic E-state index is 0.0938. The fourth-order valence-corrected chi connectivity index (χ4v) is 2.57. The molecule has 1 aromatic carbocycles. The van der Waals surface area contributed by atoms with Crippen molar-refractivity contribution < 1.29 is 9.53 Å². The third kappa shape index (κ3) is 2.46. The lowest BCUT2D eigenvalue weighted by Crippen LogP contribution is -2.05. The number of ketones is 1. The Kier molecular flexibility index (Phi) is 3.82. The topological polar surface area (TPSA) is 26.3 Å². The fraction of sp³-hybridized carbons (Fsp3) is 0.267. The van der Waals surface area contributed by atoms with Gasteiger partial charge in [0.2, 0.25) is 5.78 Å². The highest BCUT2D eigenvalue weighted by Crippen LogP contribution is 2.27. The molecule has 0 N–H and O–H groups in total. The van der Waals surface area contributed by atoms with E-state index in [-0.39, 0.29) is 5.78 Å². The Labute approximate surface area is 111 Å². The largest absolute Gasteiger partial charge is 0.497 e. The second-order valence-corrected chi connectivity index (χ2v) is 5.36. The van der Waals surface area contributed by atoms with Gasteiger partial charge in [-0.15, -0.1) is 11.3 Å². The van der Waals surface area contributed by atoms with Crippen LogP contribution in [0.25, 0.3) is 0 Å². The first-order chi connectivity index (χ1) is 8.63. The van der Waals surface area contributed by atoms with Crippen molar-refractivity contribution in [2.75, 3.05) is 7.11 Å². The van der Waals surface area contributed by atoms with Crippen molar-refractivity contribution in [1.29, 1.82) is 0 Å². The maximum atomic E-state index is 12.4. The summed E-state index contributed by atoms with van der Waals surface area (Å²) in [4.78, 5) is 13.2. The van der Waals surface area contributed by atoms with E-state index >= 15 is 0 Å². The Morgan fingerprint density at radius 2 is 2.06 bits per heavy atom. The predicted octanol–water partition coefficient (Wildman–Crippen LogP) is 4.11. The van der Waals surface area contributed by atoms with Gasteiger partial charge in [0.1, 0.15) is 5.75 Å². The van der Waals surface area contributed by atoms with E-state index in [2.05, 4.69) is 13.8 Å². The van der Waals surface area contributed by atoms with Crippen molar-refractivity contribution >= 4 is 17.1 Å². The van der Waals surface area contributed by atoms with Gasteiger partial charge in [0.15, 0.2) is 0 Å². The second kappa shape index (κ2) is 5.36. The van der Waals surface area contributed by atoms with Crippen molar-refractivity contribution in [1.82, 2.24) is 0 Å². The highest BCUT2D eigenvalue weighted by atomic mass is 32.1. The molecule has 0 radical (unpaired) electrons. The van der Waals surface area contributed by atoms with Crippen LogP contribution in [0.4, 0.5) is 0 Å². The monoisotopic (exact) mass is 260 g/mol. The lowest BCUT2D eigenvalue weighted by Gasteiger charge is -2.13. The lowest BCUT2D eigenvalue weighted by molar-refractivity contribution is 0.104. The lowest BCUT2D eigenvalue weighted by atomic mass is 9.94. The highest BCUT2D eigenvalue weighted by molar-refractivity contribution is 7.12.